The summed E-state index contributed by atoms with van der Waals surface area (Å²) in [5, 5.41) is 3.01. The maximum absolute atomic E-state index is 14.9. The van der Waals surface area contributed by atoms with Crippen molar-refractivity contribution in [1.29, 1.82) is 0 Å². The number of para-hydroxylation sites is 1. The number of hydrogen-bond donors (Lipinski definition) is 1. The predicted molar refractivity (Wildman–Crippen MR) is 159 cm³/mol. The van der Waals surface area contributed by atoms with Crippen LogP contribution in [0.2, 0.25) is 0 Å². The van der Waals surface area contributed by atoms with E-state index in [4.69, 9.17) is 4.74 Å². The summed E-state index contributed by atoms with van der Waals surface area (Å²) in [4.78, 5) is 58.6. The zero-order valence-corrected chi connectivity index (χ0v) is 23.8. The summed E-state index contributed by atoms with van der Waals surface area (Å²) >= 11 is 0. The molecule has 1 N–H and O–H groups in total. The third-order valence-electron chi connectivity index (χ3n) is 8.63. The van der Waals surface area contributed by atoms with Crippen LogP contribution < -0.4 is 15.1 Å². The quantitative estimate of drug-likeness (QED) is 0.399. The molecule has 1 aliphatic carbocycles. The Morgan fingerprint density at radius 3 is 2.30 bits per heavy atom. The number of amides is 3. The van der Waals surface area contributed by atoms with E-state index in [0.29, 0.717) is 50.3 Å². The van der Waals surface area contributed by atoms with Crippen molar-refractivity contribution in [2.75, 3.05) is 48.0 Å². The van der Waals surface area contributed by atoms with E-state index in [1.165, 1.54) is 11.0 Å². The van der Waals surface area contributed by atoms with Crippen LogP contribution in [0.15, 0.2) is 72.8 Å². The molecule has 0 bridgehead atoms. The Kier molecular flexibility index (Phi) is 7.94. The van der Waals surface area contributed by atoms with Crippen LogP contribution in [0.5, 0.6) is 0 Å². The van der Waals surface area contributed by atoms with Crippen LogP contribution >= 0.6 is 0 Å². The van der Waals surface area contributed by atoms with Crippen molar-refractivity contribution >= 4 is 40.6 Å². The SMILES string of the molecule is O=C1C(=O)N(CC(=O)N(Cc2ccccc2F)C2(C(=O)Nc3ccc(N4CCOCC4)cc3)CCCC2)c2ccccc21. The summed E-state index contributed by atoms with van der Waals surface area (Å²) in [5.41, 5.74) is 1.18. The molecular formula is C33H33FN4O5. The molecule has 2 fully saturated rings. The number of hydrogen-bond acceptors (Lipinski definition) is 6. The largest absolute Gasteiger partial charge is 0.378 e. The van der Waals surface area contributed by atoms with E-state index in [9.17, 15) is 23.6 Å². The molecule has 0 radical (unpaired) electrons. The van der Waals surface area contributed by atoms with E-state index in [2.05, 4.69) is 10.2 Å². The summed E-state index contributed by atoms with van der Waals surface area (Å²) in [6.45, 7) is 2.30. The summed E-state index contributed by atoms with van der Waals surface area (Å²) in [6.07, 6.45) is 2.17. The van der Waals surface area contributed by atoms with E-state index in [0.717, 1.165) is 23.7 Å². The highest BCUT2D eigenvalue weighted by Crippen LogP contribution is 2.39. The van der Waals surface area contributed by atoms with Crippen molar-refractivity contribution < 1.29 is 28.3 Å². The molecule has 10 heteroatoms. The van der Waals surface area contributed by atoms with Gasteiger partial charge < -0.3 is 19.9 Å². The number of carbonyl (C=O) groups is 4. The average Bonchev–Trinajstić information content (AvgIpc) is 3.62. The highest BCUT2D eigenvalue weighted by Gasteiger charge is 2.49. The van der Waals surface area contributed by atoms with E-state index in [1.807, 2.05) is 24.3 Å². The molecule has 3 aliphatic rings. The van der Waals surface area contributed by atoms with Crippen LogP contribution in [-0.4, -0.2) is 66.8 Å². The minimum atomic E-state index is -1.27. The summed E-state index contributed by atoms with van der Waals surface area (Å²) in [5.74, 6) is -2.88. The van der Waals surface area contributed by atoms with E-state index >= 15 is 0 Å². The van der Waals surface area contributed by atoms with Crippen molar-refractivity contribution in [3.8, 4) is 0 Å². The molecule has 1 saturated carbocycles. The summed E-state index contributed by atoms with van der Waals surface area (Å²) in [6, 6.07) is 20.2. The number of nitrogens with one attached hydrogen (secondary N) is 1. The average molecular weight is 585 g/mol. The Morgan fingerprint density at radius 2 is 1.58 bits per heavy atom. The number of morpholine rings is 1. The van der Waals surface area contributed by atoms with Crippen LogP contribution in [0.4, 0.5) is 21.5 Å². The monoisotopic (exact) mass is 584 g/mol. The fourth-order valence-electron chi connectivity index (χ4n) is 6.30. The molecule has 1 saturated heterocycles. The van der Waals surface area contributed by atoms with Gasteiger partial charge in [-0.05, 0) is 55.3 Å². The van der Waals surface area contributed by atoms with E-state index < -0.39 is 35.5 Å². The number of halogens is 1. The Labute approximate surface area is 249 Å². The molecule has 3 aromatic carbocycles. The molecular weight excluding hydrogens is 551 g/mol. The molecule has 0 aromatic heterocycles. The molecule has 0 spiro atoms. The summed E-state index contributed by atoms with van der Waals surface area (Å²) < 4.78 is 20.4. The van der Waals surface area contributed by atoms with Gasteiger partial charge in [0.05, 0.1) is 24.5 Å². The minimum Gasteiger partial charge on any atom is -0.378 e. The number of benzene rings is 3. The lowest BCUT2D eigenvalue weighted by Gasteiger charge is -2.41. The molecule has 6 rings (SSSR count). The molecule has 9 nitrogen and oxygen atoms in total. The number of fused-ring (bicyclic) bond motifs is 1. The molecule has 2 aliphatic heterocycles. The van der Waals surface area contributed by atoms with Crippen molar-refractivity contribution in [2.45, 2.75) is 37.8 Å². The first kappa shape index (κ1) is 28.5. The fourth-order valence-corrected chi connectivity index (χ4v) is 6.30. The standard InChI is InChI=1S/C33H33FN4O5/c34-27-9-3-1-7-23(27)21-38(29(39)22-37-28-10-4-2-8-26(28)30(40)31(37)41)33(15-5-6-16-33)32(42)35-24-11-13-25(14-12-24)36-17-19-43-20-18-36/h1-4,7-14H,5-6,15-22H2,(H,35,42). The second kappa shape index (κ2) is 12.0. The summed E-state index contributed by atoms with van der Waals surface area (Å²) in [7, 11) is 0. The molecule has 3 aromatic rings. The van der Waals surface area contributed by atoms with Gasteiger partial charge in [0, 0.05) is 36.6 Å². The van der Waals surface area contributed by atoms with Gasteiger partial charge >= 0.3 is 0 Å². The lowest BCUT2D eigenvalue weighted by atomic mass is 9.92. The van der Waals surface area contributed by atoms with Gasteiger partial charge in [0.1, 0.15) is 17.9 Å². The fraction of sp³-hybridized carbons (Fsp3) is 0.333. The smallest absolute Gasteiger partial charge is 0.299 e. The van der Waals surface area contributed by atoms with Crippen LogP contribution in [0.3, 0.4) is 0 Å². The number of ether oxygens (including phenoxy) is 1. The number of anilines is 3. The number of rotatable bonds is 8. The zero-order valence-electron chi connectivity index (χ0n) is 23.8. The third-order valence-corrected chi connectivity index (χ3v) is 8.63. The lowest BCUT2D eigenvalue weighted by Crippen LogP contribution is -2.59. The molecule has 2 heterocycles. The number of ketones is 1. The minimum absolute atomic E-state index is 0.160. The normalized spacial score (nSPS) is 17.6. The molecule has 3 amide bonds. The number of nitrogens with zero attached hydrogens (tertiary/aromatic N) is 3. The maximum atomic E-state index is 14.9. The Hall–Kier alpha value is -4.57. The number of Topliss-reactive ketones (excluding diaryl/α,β-unsaturated/α-hetero) is 1. The second-order valence-corrected chi connectivity index (χ2v) is 11.1. The molecule has 0 atom stereocenters. The van der Waals surface area contributed by atoms with Crippen LogP contribution in [0, 0.1) is 5.82 Å². The Morgan fingerprint density at radius 1 is 0.907 bits per heavy atom. The molecule has 0 unspecified atom stereocenters. The van der Waals surface area contributed by atoms with Gasteiger partial charge in [-0.25, -0.2) is 4.39 Å². The highest BCUT2D eigenvalue weighted by molar-refractivity contribution is 6.52. The first-order chi connectivity index (χ1) is 20.9. The van der Waals surface area contributed by atoms with Gasteiger partial charge in [-0.15, -0.1) is 0 Å². The first-order valence-corrected chi connectivity index (χ1v) is 14.6. The van der Waals surface area contributed by atoms with Gasteiger partial charge in [0.2, 0.25) is 11.8 Å². The Bertz CT molecular complexity index is 1550. The topological polar surface area (TPSA) is 99.3 Å². The third kappa shape index (κ3) is 5.50. The van der Waals surface area contributed by atoms with Gasteiger partial charge in [-0.2, -0.15) is 0 Å². The molecule has 222 valence electrons. The van der Waals surface area contributed by atoms with E-state index in [1.54, 1.807) is 42.5 Å². The molecule has 43 heavy (non-hydrogen) atoms. The lowest BCUT2D eigenvalue weighted by molar-refractivity contribution is -0.145. The van der Waals surface area contributed by atoms with Gasteiger partial charge in [0.15, 0.2) is 0 Å². The first-order valence-electron chi connectivity index (χ1n) is 14.6. The second-order valence-electron chi connectivity index (χ2n) is 11.1. The zero-order chi connectivity index (χ0) is 30.0. The number of carbonyl (C=O) groups excluding carboxylic acids is 4. The highest BCUT2D eigenvalue weighted by atomic mass is 19.1. The van der Waals surface area contributed by atoms with Gasteiger partial charge in [0.25, 0.3) is 11.7 Å². The van der Waals surface area contributed by atoms with Crippen molar-refractivity contribution in [3.05, 3.63) is 89.7 Å². The van der Waals surface area contributed by atoms with Crippen LogP contribution in [0.1, 0.15) is 41.6 Å². The Balaban J connectivity index is 1.29. The van der Waals surface area contributed by atoms with Crippen LogP contribution in [0.25, 0.3) is 0 Å². The predicted octanol–water partition coefficient (Wildman–Crippen LogP) is 4.17. The van der Waals surface area contributed by atoms with Crippen molar-refractivity contribution in [1.82, 2.24) is 4.90 Å². The van der Waals surface area contributed by atoms with Crippen molar-refractivity contribution in [2.24, 2.45) is 0 Å². The van der Waals surface area contributed by atoms with Crippen molar-refractivity contribution in [3.63, 3.8) is 0 Å². The van der Waals surface area contributed by atoms with Crippen LogP contribution in [-0.2, 0) is 25.7 Å². The van der Waals surface area contributed by atoms with Gasteiger partial charge in [-0.1, -0.05) is 43.2 Å². The van der Waals surface area contributed by atoms with Gasteiger partial charge in [-0.3, -0.25) is 24.1 Å². The van der Waals surface area contributed by atoms with E-state index in [-0.39, 0.29) is 23.6 Å². The maximum Gasteiger partial charge on any atom is 0.299 e.